The van der Waals surface area contributed by atoms with Crippen molar-refractivity contribution in [3.05, 3.63) is 66.4 Å². The molecule has 1 aromatic carbocycles. The highest BCUT2D eigenvalue weighted by Crippen LogP contribution is 2.17. The SMILES string of the molecule is C(=NCc1nc(OCCOc2cccnc2)nc(N2CCOCC2)n1)c1c[nH]c2ccccc12. The molecule has 0 aliphatic carbocycles. The maximum atomic E-state index is 5.79. The van der Waals surface area contributed by atoms with E-state index in [0.717, 1.165) is 16.5 Å². The lowest BCUT2D eigenvalue weighted by atomic mass is 10.2. The summed E-state index contributed by atoms with van der Waals surface area (Å²) in [5.74, 6) is 1.79. The smallest absolute Gasteiger partial charge is 0.321 e. The maximum absolute atomic E-state index is 5.79. The molecule has 0 saturated carbocycles. The van der Waals surface area contributed by atoms with Crippen molar-refractivity contribution in [1.29, 1.82) is 0 Å². The molecule has 1 saturated heterocycles. The molecule has 1 fully saturated rings. The van der Waals surface area contributed by atoms with E-state index in [1.54, 1.807) is 12.4 Å². The van der Waals surface area contributed by atoms with Gasteiger partial charge in [0, 0.05) is 48.2 Å². The molecule has 0 radical (unpaired) electrons. The number of anilines is 1. The number of nitrogens with one attached hydrogen (secondary N) is 1. The molecule has 4 aromatic rings. The summed E-state index contributed by atoms with van der Waals surface area (Å²) < 4.78 is 16.9. The molecule has 10 heteroatoms. The van der Waals surface area contributed by atoms with E-state index in [4.69, 9.17) is 14.2 Å². The number of H-pyrrole nitrogens is 1. The van der Waals surface area contributed by atoms with Crippen LogP contribution in [-0.2, 0) is 11.3 Å². The molecule has 1 N–H and O–H groups in total. The van der Waals surface area contributed by atoms with Gasteiger partial charge in [0.15, 0.2) is 5.82 Å². The van der Waals surface area contributed by atoms with Crippen LogP contribution in [0.15, 0.2) is 60.0 Å². The van der Waals surface area contributed by atoms with Gasteiger partial charge in [0.1, 0.15) is 19.0 Å². The summed E-state index contributed by atoms with van der Waals surface area (Å²) in [5.41, 5.74) is 2.09. The Morgan fingerprint density at radius 1 is 1.03 bits per heavy atom. The van der Waals surface area contributed by atoms with Crippen LogP contribution in [0.5, 0.6) is 11.8 Å². The normalized spacial score (nSPS) is 14.1. The summed E-state index contributed by atoms with van der Waals surface area (Å²) in [5, 5.41) is 1.12. The van der Waals surface area contributed by atoms with Crippen molar-refractivity contribution < 1.29 is 14.2 Å². The van der Waals surface area contributed by atoms with Crippen LogP contribution in [0.25, 0.3) is 10.9 Å². The monoisotopic (exact) mass is 459 g/mol. The molecule has 0 atom stereocenters. The van der Waals surface area contributed by atoms with E-state index >= 15 is 0 Å². The van der Waals surface area contributed by atoms with E-state index in [0.29, 0.717) is 63.6 Å². The van der Waals surface area contributed by atoms with Crippen LogP contribution in [-0.4, -0.2) is 70.7 Å². The summed E-state index contributed by atoms with van der Waals surface area (Å²) in [6, 6.07) is 12.0. The van der Waals surface area contributed by atoms with Gasteiger partial charge in [-0.25, -0.2) is 0 Å². The van der Waals surface area contributed by atoms with Crippen molar-refractivity contribution in [1.82, 2.24) is 24.9 Å². The van der Waals surface area contributed by atoms with Crippen LogP contribution >= 0.6 is 0 Å². The highest BCUT2D eigenvalue weighted by Gasteiger charge is 2.17. The van der Waals surface area contributed by atoms with Gasteiger partial charge in [0.25, 0.3) is 0 Å². The first-order valence-corrected chi connectivity index (χ1v) is 11.1. The number of morpholine rings is 1. The van der Waals surface area contributed by atoms with Gasteiger partial charge in [-0.05, 0) is 18.2 Å². The predicted octanol–water partition coefficient (Wildman–Crippen LogP) is 2.66. The third-order valence-corrected chi connectivity index (χ3v) is 5.25. The van der Waals surface area contributed by atoms with Crippen LogP contribution in [0.3, 0.4) is 0 Å². The molecule has 34 heavy (non-hydrogen) atoms. The van der Waals surface area contributed by atoms with Gasteiger partial charge in [-0.1, -0.05) is 18.2 Å². The fraction of sp³-hybridized carbons (Fsp3) is 0.292. The number of aliphatic imine (C=N–C) groups is 1. The van der Waals surface area contributed by atoms with Crippen molar-refractivity contribution in [2.45, 2.75) is 6.54 Å². The number of fused-ring (bicyclic) bond motifs is 1. The van der Waals surface area contributed by atoms with Crippen LogP contribution in [0.4, 0.5) is 5.95 Å². The van der Waals surface area contributed by atoms with Crippen molar-refractivity contribution >= 4 is 23.1 Å². The zero-order valence-corrected chi connectivity index (χ0v) is 18.6. The van der Waals surface area contributed by atoms with Gasteiger partial charge in [-0.2, -0.15) is 15.0 Å². The molecule has 1 aliphatic rings. The number of nitrogens with zero attached hydrogens (tertiary/aromatic N) is 6. The molecule has 0 bridgehead atoms. The summed E-state index contributed by atoms with van der Waals surface area (Å²) in [4.78, 5) is 27.5. The van der Waals surface area contributed by atoms with Gasteiger partial charge >= 0.3 is 6.01 Å². The lowest BCUT2D eigenvalue weighted by Crippen LogP contribution is -2.37. The highest BCUT2D eigenvalue weighted by molar-refractivity contribution is 5.98. The Morgan fingerprint density at radius 2 is 1.91 bits per heavy atom. The average molecular weight is 460 g/mol. The standard InChI is InChI=1S/C24H25N7O3/c1-2-6-21-20(5-1)18(15-27-21)14-26-17-22-28-23(31-8-10-32-11-9-31)30-24(29-22)34-13-12-33-19-4-3-7-25-16-19/h1-7,14-16,27H,8-13,17H2. The van der Waals surface area contributed by atoms with Crippen molar-refractivity contribution in [3.8, 4) is 11.8 Å². The molecule has 174 valence electrons. The number of hydrogen-bond donors (Lipinski definition) is 1. The number of hydrogen-bond acceptors (Lipinski definition) is 9. The Kier molecular flexibility index (Phi) is 6.86. The lowest BCUT2D eigenvalue weighted by Gasteiger charge is -2.26. The number of para-hydroxylation sites is 1. The lowest BCUT2D eigenvalue weighted by molar-refractivity contribution is 0.121. The topological polar surface area (TPSA) is 111 Å². The van der Waals surface area contributed by atoms with Crippen molar-refractivity contribution in [2.24, 2.45) is 4.99 Å². The minimum atomic E-state index is 0.253. The number of pyridine rings is 1. The van der Waals surface area contributed by atoms with Gasteiger partial charge < -0.3 is 24.1 Å². The zero-order valence-electron chi connectivity index (χ0n) is 18.6. The molecule has 0 amide bonds. The van der Waals surface area contributed by atoms with Crippen LogP contribution < -0.4 is 14.4 Å². The second kappa shape index (κ2) is 10.7. The van der Waals surface area contributed by atoms with Gasteiger partial charge in [-0.3, -0.25) is 9.98 Å². The van der Waals surface area contributed by atoms with Crippen molar-refractivity contribution in [3.63, 3.8) is 0 Å². The molecule has 1 aliphatic heterocycles. The Morgan fingerprint density at radius 3 is 2.79 bits per heavy atom. The molecule has 5 rings (SSSR count). The minimum absolute atomic E-state index is 0.253. The Hall–Kier alpha value is -4.05. The molecule has 0 unspecified atom stereocenters. The summed E-state index contributed by atoms with van der Waals surface area (Å²) in [7, 11) is 0. The Labute approximate surface area is 196 Å². The summed E-state index contributed by atoms with van der Waals surface area (Å²) >= 11 is 0. The van der Waals surface area contributed by atoms with E-state index in [1.165, 1.54) is 0 Å². The number of aromatic amines is 1. The second-order valence-corrected chi connectivity index (χ2v) is 7.58. The first kappa shape index (κ1) is 21.8. The summed E-state index contributed by atoms with van der Waals surface area (Å²) in [6.07, 6.45) is 7.13. The first-order chi connectivity index (χ1) is 16.8. The minimum Gasteiger partial charge on any atom is -0.488 e. The molecule has 0 spiro atoms. The van der Waals surface area contributed by atoms with E-state index in [-0.39, 0.29) is 6.01 Å². The van der Waals surface area contributed by atoms with Crippen LogP contribution in [0.2, 0.25) is 0 Å². The molecule has 10 nitrogen and oxygen atoms in total. The second-order valence-electron chi connectivity index (χ2n) is 7.58. The first-order valence-electron chi connectivity index (χ1n) is 11.1. The summed E-state index contributed by atoms with van der Waals surface area (Å²) in [6.45, 7) is 3.64. The number of benzene rings is 1. The molecular weight excluding hydrogens is 434 g/mol. The van der Waals surface area contributed by atoms with E-state index in [9.17, 15) is 0 Å². The van der Waals surface area contributed by atoms with E-state index in [2.05, 4.69) is 40.9 Å². The number of rotatable bonds is 9. The molecule has 4 heterocycles. The third-order valence-electron chi connectivity index (χ3n) is 5.25. The Bertz CT molecular complexity index is 1240. The molecular formula is C24H25N7O3. The van der Waals surface area contributed by atoms with Gasteiger partial charge in [0.05, 0.1) is 26.0 Å². The fourth-order valence-corrected chi connectivity index (χ4v) is 3.58. The quantitative estimate of drug-likeness (QED) is 0.300. The zero-order chi connectivity index (χ0) is 23.0. The predicted molar refractivity (Wildman–Crippen MR) is 128 cm³/mol. The number of ether oxygens (including phenoxy) is 3. The van der Waals surface area contributed by atoms with E-state index in [1.807, 2.05) is 42.7 Å². The van der Waals surface area contributed by atoms with Crippen molar-refractivity contribution in [2.75, 3.05) is 44.4 Å². The molecule has 3 aromatic heterocycles. The van der Waals surface area contributed by atoms with Crippen LogP contribution in [0.1, 0.15) is 11.4 Å². The maximum Gasteiger partial charge on any atom is 0.321 e. The van der Waals surface area contributed by atoms with Gasteiger partial charge in [-0.15, -0.1) is 0 Å². The third kappa shape index (κ3) is 5.46. The number of aromatic nitrogens is 5. The average Bonchev–Trinajstić information content (AvgIpc) is 3.31. The van der Waals surface area contributed by atoms with Crippen LogP contribution in [0, 0.1) is 0 Å². The van der Waals surface area contributed by atoms with E-state index < -0.39 is 0 Å². The highest BCUT2D eigenvalue weighted by atomic mass is 16.5. The Balaban J connectivity index is 1.27. The fourth-order valence-electron chi connectivity index (χ4n) is 3.58. The van der Waals surface area contributed by atoms with Gasteiger partial charge in [0.2, 0.25) is 5.95 Å². The largest absolute Gasteiger partial charge is 0.488 e.